The van der Waals surface area contributed by atoms with Crippen LogP contribution in [0.15, 0.2) is 0 Å². The lowest BCUT2D eigenvalue weighted by Crippen LogP contribution is -2.33. The molecule has 0 spiro atoms. The third-order valence-corrected chi connectivity index (χ3v) is 3.45. The minimum Gasteiger partial charge on any atom is -0.338 e. The van der Waals surface area contributed by atoms with Crippen LogP contribution in [0.5, 0.6) is 0 Å². The first kappa shape index (κ1) is 13.0. The van der Waals surface area contributed by atoms with Crippen LogP contribution >= 0.6 is 0 Å². The molecular weight excluding hydrogens is 230 g/mol. The third-order valence-electron chi connectivity index (χ3n) is 3.45. The molecule has 1 aromatic heterocycles. The van der Waals surface area contributed by atoms with E-state index in [-0.39, 0.29) is 11.9 Å². The number of aromatic nitrogens is 3. The monoisotopic (exact) mass is 251 g/mol. The number of hydrogen-bond donors (Lipinski definition) is 1. The summed E-state index contributed by atoms with van der Waals surface area (Å²) in [4.78, 5) is 13.6. The van der Waals surface area contributed by atoms with Crippen molar-refractivity contribution in [1.29, 1.82) is 0 Å². The summed E-state index contributed by atoms with van der Waals surface area (Å²) < 4.78 is 2.11. The zero-order valence-corrected chi connectivity index (χ0v) is 11.1. The van der Waals surface area contributed by atoms with Crippen LogP contribution in [0.25, 0.3) is 0 Å². The molecule has 1 aromatic rings. The highest BCUT2D eigenvalue weighted by Crippen LogP contribution is 2.15. The number of rotatable bonds is 5. The third kappa shape index (κ3) is 2.69. The minimum absolute atomic E-state index is 0.0518. The number of carbonyl (C=O) groups excluding carboxylic acids is 1. The number of fused-ring (bicyclic) bond motifs is 1. The standard InChI is InChI=1S/C12H21N5O/c1-3-9(13)7-12(18)16(2)8-11-15-14-10-5-4-6-17(10)11/h9H,3-8,13H2,1-2H3. The topological polar surface area (TPSA) is 77.0 Å². The highest BCUT2D eigenvalue weighted by atomic mass is 16.2. The van der Waals surface area contributed by atoms with Gasteiger partial charge in [0.15, 0.2) is 5.82 Å². The molecule has 100 valence electrons. The Morgan fingerprint density at radius 1 is 1.56 bits per heavy atom. The Morgan fingerprint density at radius 3 is 3.06 bits per heavy atom. The van der Waals surface area contributed by atoms with E-state index in [1.165, 1.54) is 0 Å². The van der Waals surface area contributed by atoms with Crippen LogP contribution < -0.4 is 5.73 Å². The molecule has 0 saturated heterocycles. The maximum Gasteiger partial charge on any atom is 0.224 e. The minimum atomic E-state index is -0.0518. The molecule has 1 amide bonds. The molecule has 6 heteroatoms. The van der Waals surface area contributed by atoms with Gasteiger partial charge in [0.05, 0.1) is 6.54 Å². The summed E-state index contributed by atoms with van der Waals surface area (Å²) in [5, 5.41) is 8.28. The van der Waals surface area contributed by atoms with E-state index in [4.69, 9.17) is 5.73 Å². The van der Waals surface area contributed by atoms with E-state index >= 15 is 0 Å². The van der Waals surface area contributed by atoms with Gasteiger partial charge in [-0.3, -0.25) is 4.79 Å². The fraction of sp³-hybridized carbons (Fsp3) is 0.750. The first-order chi connectivity index (χ1) is 8.61. The molecule has 2 heterocycles. The van der Waals surface area contributed by atoms with Gasteiger partial charge >= 0.3 is 0 Å². The lowest BCUT2D eigenvalue weighted by Gasteiger charge is -2.18. The molecule has 0 bridgehead atoms. The van der Waals surface area contributed by atoms with Crippen molar-refractivity contribution in [3.8, 4) is 0 Å². The number of amides is 1. The van der Waals surface area contributed by atoms with Gasteiger partial charge in [-0.15, -0.1) is 10.2 Å². The number of hydrogen-bond acceptors (Lipinski definition) is 4. The lowest BCUT2D eigenvalue weighted by molar-refractivity contribution is -0.130. The molecule has 0 radical (unpaired) electrons. The van der Waals surface area contributed by atoms with Crippen LogP contribution in [0.4, 0.5) is 0 Å². The van der Waals surface area contributed by atoms with Crippen LogP contribution in [0, 0.1) is 0 Å². The van der Waals surface area contributed by atoms with Gasteiger partial charge in [-0.1, -0.05) is 6.92 Å². The zero-order valence-electron chi connectivity index (χ0n) is 11.1. The van der Waals surface area contributed by atoms with Gasteiger partial charge in [0.25, 0.3) is 0 Å². The second-order valence-electron chi connectivity index (χ2n) is 4.91. The molecule has 0 aliphatic carbocycles. The average Bonchev–Trinajstić information content (AvgIpc) is 2.93. The van der Waals surface area contributed by atoms with E-state index in [0.29, 0.717) is 13.0 Å². The van der Waals surface area contributed by atoms with Crippen molar-refractivity contribution in [2.45, 2.75) is 51.7 Å². The molecular formula is C12H21N5O. The molecule has 1 aliphatic rings. The van der Waals surface area contributed by atoms with Gasteiger partial charge in [-0.25, -0.2) is 0 Å². The zero-order chi connectivity index (χ0) is 13.1. The van der Waals surface area contributed by atoms with Crippen molar-refractivity contribution in [3.63, 3.8) is 0 Å². The van der Waals surface area contributed by atoms with Gasteiger partial charge in [-0.2, -0.15) is 0 Å². The summed E-state index contributed by atoms with van der Waals surface area (Å²) in [5.74, 6) is 1.99. The normalized spacial score (nSPS) is 15.5. The summed E-state index contributed by atoms with van der Waals surface area (Å²) >= 11 is 0. The predicted octanol–water partition coefficient (Wildman–Crippen LogP) is 0.310. The summed E-state index contributed by atoms with van der Waals surface area (Å²) in [7, 11) is 1.79. The quantitative estimate of drug-likeness (QED) is 0.817. The van der Waals surface area contributed by atoms with Crippen LogP contribution in [-0.2, 0) is 24.3 Å². The van der Waals surface area contributed by atoms with Gasteiger partial charge in [-0.05, 0) is 12.8 Å². The van der Waals surface area contributed by atoms with Crippen molar-refractivity contribution in [1.82, 2.24) is 19.7 Å². The van der Waals surface area contributed by atoms with E-state index < -0.39 is 0 Å². The molecule has 0 fully saturated rings. The number of nitrogens with two attached hydrogens (primary N) is 1. The van der Waals surface area contributed by atoms with Gasteiger partial charge < -0.3 is 15.2 Å². The SMILES string of the molecule is CCC(N)CC(=O)N(C)Cc1nnc2n1CCC2. The molecule has 1 unspecified atom stereocenters. The Hall–Kier alpha value is -1.43. The highest BCUT2D eigenvalue weighted by Gasteiger charge is 2.20. The first-order valence-corrected chi connectivity index (χ1v) is 6.52. The van der Waals surface area contributed by atoms with Crippen LogP contribution in [0.2, 0.25) is 0 Å². The summed E-state index contributed by atoms with van der Waals surface area (Å²) in [5.41, 5.74) is 5.79. The van der Waals surface area contributed by atoms with Gasteiger partial charge in [0.2, 0.25) is 5.91 Å². The van der Waals surface area contributed by atoms with Crippen molar-refractivity contribution >= 4 is 5.91 Å². The number of nitrogens with zero attached hydrogens (tertiary/aromatic N) is 4. The Kier molecular flexibility index (Phi) is 3.96. The average molecular weight is 251 g/mol. The molecule has 1 atom stereocenters. The molecule has 18 heavy (non-hydrogen) atoms. The van der Waals surface area contributed by atoms with E-state index in [1.807, 2.05) is 6.92 Å². The Labute approximate surface area is 107 Å². The van der Waals surface area contributed by atoms with Crippen LogP contribution in [0.3, 0.4) is 0 Å². The number of aryl methyl sites for hydroxylation is 1. The van der Waals surface area contributed by atoms with Gasteiger partial charge in [0.1, 0.15) is 5.82 Å². The van der Waals surface area contributed by atoms with E-state index in [2.05, 4.69) is 14.8 Å². The highest BCUT2D eigenvalue weighted by molar-refractivity contribution is 5.76. The Bertz CT molecular complexity index is 428. The molecule has 6 nitrogen and oxygen atoms in total. The predicted molar refractivity (Wildman–Crippen MR) is 67.7 cm³/mol. The van der Waals surface area contributed by atoms with Crippen molar-refractivity contribution in [2.24, 2.45) is 5.73 Å². The molecule has 0 saturated carbocycles. The summed E-state index contributed by atoms with van der Waals surface area (Å²) in [6.45, 7) is 3.47. The largest absolute Gasteiger partial charge is 0.338 e. The van der Waals surface area contributed by atoms with Crippen molar-refractivity contribution in [2.75, 3.05) is 7.05 Å². The maximum absolute atomic E-state index is 11.9. The molecule has 0 aromatic carbocycles. The molecule has 2 N–H and O–H groups in total. The van der Waals surface area contributed by atoms with E-state index in [0.717, 1.165) is 37.5 Å². The van der Waals surface area contributed by atoms with Gasteiger partial charge in [0, 0.05) is 32.5 Å². The first-order valence-electron chi connectivity index (χ1n) is 6.52. The summed E-state index contributed by atoms with van der Waals surface area (Å²) in [6, 6.07) is -0.0518. The molecule has 1 aliphatic heterocycles. The fourth-order valence-electron chi connectivity index (χ4n) is 2.15. The lowest BCUT2D eigenvalue weighted by atomic mass is 10.1. The smallest absolute Gasteiger partial charge is 0.224 e. The maximum atomic E-state index is 11.9. The second kappa shape index (κ2) is 5.48. The number of carbonyl (C=O) groups is 1. The van der Waals surface area contributed by atoms with E-state index in [1.54, 1.807) is 11.9 Å². The van der Waals surface area contributed by atoms with Crippen molar-refractivity contribution in [3.05, 3.63) is 11.6 Å². The fourth-order valence-corrected chi connectivity index (χ4v) is 2.15. The Morgan fingerprint density at radius 2 is 2.33 bits per heavy atom. The van der Waals surface area contributed by atoms with E-state index in [9.17, 15) is 4.79 Å². The van der Waals surface area contributed by atoms with Crippen LogP contribution in [-0.4, -0.2) is 38.7 Å². The van der Waals surface area contributed by atoms with Crippen LogP contribution in [0.1, 0.15) is 37.8 Å². The Balaban J connectivity index is 1.94. The van der Waals surface area contributed by atoms with Crippen molar-refractivity contribution < 1.29 is 4.79 Å². The molecule has 2 rings (SSSR count). The second-order valence-corrected chi connectivity index (χ2v) is 4.91. The summed E-state index contributed by atoms with van der Waals surface area (Å²) in [6.07, 6.45) is 3.33.